The normalized spacial score (nSPS) is 19.4. The third kappa shape index (κ3) is 3.25. The van der Waals surface area contributed by atoms with Crippen molar-refractivity contribution in [2.24, 2.45) is 0 Å². The van der Waals surface area contributed by atoms with Gasteiger partial charge in [-0.1, -0.05) is 18.9 Å². The maximum absolute atomic E-state index is 12.4. The molecule has 0 aromatic carbocycles. The summed E-state index contributed by atoms with van der Waals surface area (Å²) in [6, 6.07) is 4.89. The van der Waals surface area contributed by atoms with E-state index in [1.165, 1.54) is 12.8 Å². The van der Waals surface area contributed by atoms with Crippen LogP contribution in [0.5, 0.6) is 0 Å². The summed E-state index contributed by atoms with van der Waals surface area (Å²) in [5, 5.41) is 3.19. The van der Waals surface area contributed by atoms with Crippen molar-refractivity contribution < 1.29 is 4.79 Å². The molecular formula is C15H21N3O. The fraction of sp³-hybridized carbons (Fsp3) is 0.600. The second kappa shape index (κ2) is 5.59. The maximum atomic E-state index is 12.4. The molecule has 2 amide bonds. The summed E-state index contributed by atoms with van der Waals surface area (Å²) in [5.41, 5.74) is 1.11. The third-order valence-electron chi connectivity index (χ3n) is 4.01. The minimum atomic E-state index is 0.109. The molecule has 1 heterocycles. The molecule has 2 aliphatic rings. The van der Waals surface area contributed by atoms with Gasteiger partial charge in [0.05, 0.1) is 0 Å². The highest BCUT2D eigenvalue weighted by Crippen LogP contribution is 2.29. The zero-order valence-electron chi connectivity index (χ0n) is 11.2. The molecule has 4 heteroatoms. The number of nitrogens with zero attached hydrogens (tertiary/aromatic N) is 2. The Balaban J connectivity index is 1.61. The second-order valence-electron chi connectivity index (χ2n) is 5.65. The summed E-state index contributed by atoms with van der Waals surface area (Å²) in [5.74, 6) is 0. The number of rotatable bonds is 4. The lowest BCUT2D eigenvalue weighted by molar-refractivity contribution is 0.188. The van der Waals surface area contributed by atoms with E-state index < -0.39 is 0 Å². The Bertz CT molecular complexity index is 424. The van der Waals surface area contributed by atoms with E-state index in [1.807, 2.05) is 23.2 Å². The predicted octanol–water partition coefficient (Wildman–Crippen LogP) is 2.70. The van der Waals surface area contributed by atoms with Gasteiger partial charge >= 0.3 is 6.03 Å². The molecule has 4 nitrogen and oxygen atoms in total. The highest BCUT2D eigenvalue weighted by Gasteiger charge is 2.33. The number of aromatic nitrogens is 1. The van der Waals surface area contributed by atoms with E-state index in [9.17, 15) is 4.79 Å². The molecular weight excluding hydrogens is 238 g/mol. The molecule has 3 rings (SSSR count). The average molecular weight is 259 g/mol. The van der Waals surface area contributed by atoms with Gasteiger partial charge in [0.15, 0.2) is 0 Å². The summed E-state index contributed by atoms with van der Waals surface area (Å²) in [4.78, 5) is 18.5. The van der Waals surface area contributed by atoms with Crippen LogP contribution in [0.15, 0.2) is 24.5 Å². The van der Waals surface area contributed by atoms with E-state index in [1.54, 1.807) is 6.20 Å². The summed E-state index contributed by atoms with van der Waals surface area (Å²) < 4.78 is 0. The summed E-state index contributed by atoms with van der Waals surface area (Å²) >= 11 is 0. The lowest BCUT2D eigenvalue weighted by Crippen LogP contribution is -2.44. The van der Waals surface area contributed by atoms with Gasteiger partial charge in [-0.05, 0) is 37.3 Å². The monoisotopic (exact) mass is 259 g/mol. The molecule has 19 heavy (non-hydrogen) atoms. The number of urea groups is 1. The number of amides is 2. The molecule has 2 aliphatic carbocycles. The van der Waals surface area contributed by atoms with Crippen molar-refractivity contribution in [3.63, 3.8) is 0 Å². The highest BCUT2D eigenvalue weighted by molar-refractivity contribution is 5.75. The van der Waals surface area contributed by atoms with E-state index in [0.717, 1.165) is 31.2 Å². The first-order chi connectivity index (χ1) is 9.33. The Morgan fingerprint density at radius 2 is 2.11 bits per heavy atom. The molecule has 1 N–H and O–H groups in total. The third-order valence-corrected chi connectivity index (χ3v) is 4.01. The minimum Gasteiger partial charge on any atom is -0.335 e. The molecule has 0 aliphatic heterocycles. The Morgan fingerprint density at radius 3 is 2.74 bits per heavy atom. The van der Waals surface area contributed by atoms with Crippen LogP contribution in [0.3, 0.4) is 0 Å². The van der Waals surface area contributed by atoms with Crippen LogP contribution in [0.1, 0.15) is 44.1 Å². The largest absolute Gasteiger partial charge is 0.335 e. The van der Waals surface area contributed by atoms with Crippen molar-refractivity contribution in [3.05, 3.63) is 30.1 Å². The molecule has 0 atom stereocenters. The van der Waals surface area contributed by atoms with Crippen molar-refractivity contribution in [3.8, 4) is 0 Å². The van der Waals surface area contributed by atoms with Crippen LogP contribution in [0, 0.1) is 0 Å². The first-order valence-electron chi connectivity index (χ1n) is 7.29. The Labute approximate surface area is 114 Å². The fourth-order valence-electron chi connectivity index (χ4n) is 2.77. The van der Waals surface area contributed by atoms with Crippen LogP contribution in [-0.2, 0) is 6.54 Å². The smallest absolute Gasteiger partial charge is 0.318 e. The van der Waals surface area contributed by atoms with Crippen LogP contribution in [0.25, 0.3) is 0 Å². The number of hydrogen-bond donors (Lipinski definition) is 1. The lowest BCUT2D eigenvalue weighted by Gasteiger charge is -2.25. The second-order valence-corrected chi connectivity index (χ2v) is 5.65. The van der Waals surface area contributed by atoms with Gasteiger partial charge in [0.1, 0.15) is 0 Å². The minimum absolute atomic E-state index is 0.109. The first kappa shape index (κ1) is 12.5. The van der Waals surface area contributed by atoms with Crippen LogP contribution < -0.4 is 5.32 Å². The van der Waals surface area contributed by atoms with Gasteiger partial charge in [-0.3, -0.25) is 4.98 Å². The van der Waals surface area contributed by atoms with Gasteiger partial charge in [0.2, 0.25) is 0 Å². The molecule has 2 fully saturated rings. The average Bonchev–Trinajstić information content (AvgIpc) is 3.15. The van der Waals surface area contributed by atoms with E-state index >= 15 is 0 Å². The van der Waals surface area contributed by atoms with Crippen molar-refractivity contribution in [2.45, 2.75) is 57.2 Å². The summed E-state index contributed by atoms with van der Waals surface area (Å²) in [7, 11) is 0. The van der Waals surface area contributed by atoms with Gasteiger partial charge in [0, 0.05) is 31.0 Å². The highest BCUT2D eigenvalue weighted by atomic mass is 16.2. The topological polar surface area (TPSA) is 45.2 Å². The van der Waals surface area contributed by atoms with Gasteiger partial charge in [-0.15, -0.1) is 0 Å². The van der Waals surface area contributed by atoms with E-state index in [-0.39, 0.29) is 6.03 Å². The van der Waals surface area contributed by atoms with Crippen molar-refractivity contribution in [2.75, 3.05) is 0 Å². The van der Waals surface area contributed by atoms with Crippen LogP contribution in [0.4, 0.5) is 4.79 Å². The van der Waals surface area contributed by atoms with Gasteiger partial charge in [-0.2, -0.15) is 0 Å². The predicted molar refractivity (Wildman–Crippen MR) is 73.6 cm³/mol. The summed E-state index contributed by atoms with van der Waals surface area (Å²) in [6.45, 7) is 0.678. The molecule has 0 saturated heterocycles. The van der Waals surface area contributed by atoms with E-state index in [0.29, 0.717) is 18.6 Å². The SMILES string of the molecule is O=C(NC1CCCC1)N(Cc1cccnc1)C1CC1. The molecule has 2 saturated carbocycles. The number of carbonyl (C=O) groups excluding carboxylic acids is 1. The zero-order valence-corrected chi connectivity index (χ0v) is 11.2. The van der Waals surface area contributed by atoms with Crippen molar-refractivity contribution in [1.29, 1.82) is 0 Å². The van der Waals surface area contributed by atoms with Crippen LogP contribution >= 0.6 is 0 Å². The van der Waals surface area contributed by atoms with Crippen LogP contribution in [-0.4, -0.2) is 28.0 Å². The standard InChI is InChI=1S/C15H21N3O/c19-15(17-13-5-1-2-6-13)18(14-7-8-14)11-12-4-3-9-16-10-12/h3-4,9-10,13-14H,1-2,5-8,11H2,(H,17,19). The molecule has 1 aromatic rings. The van der Waals surface area contributed by atoms with Crippen molar-refractivity contribution >= 4 is 6.03 Å². The zero-order chi connectivity index (χ0) is 13.1. The number of nitrogens with one attached hydrogen (secondary N) is 1. The number of hydrogen-bond acceptors (Lipinski definition) is 2. The lowest BCUT2D eigenvalue weighted by atomic mass is 10.2. The maximum Gasteiger partial charge on any atom is 0.318 e. The number of carbonyl (C=O) groups is 1. The molecule has 0 unspecified atom stereocenters. The Kier molecular flexibility index (Phi) is 3.67. The molecule has 0 radical (unpaired) electrons. The summed E-state index contributed by atoms with van der Waals surface area (Å²) in [6.07, 6.45) is 10.7. The van der Waals surface area contributed by atoms with Crippen LogP contribution in [0.2, 0.25) is 0 Å². The Morgan fingerprint density at radius 1 is 1.32 bits per heavy atom. The molecule has 0 bridgehead atoms. The number of pyridine rings is 1. The fourth-order valence-corrected chi connectivity index (χ4v) is 2.77. The van der Waals surface area contributed by atoms with Gasteiger partial charge < -0.3 is 10.2 Å². The van der Waals surface area contributed by atoms with E-state index in [2.05, 4.69) is 10.3 Å². The van der Waals surface area contributed by atoms with Gasteiger partial charge in [0.25, 0.3) is 0 Å². The first-order valence-corrected chi connectivity index (χ1v) is 7.29. The van der Waals surface area contributed by atoms with E-state index in [4.69, 9.17) is 0 Å². The Hall–Kier alpha value is -1.58. The molecule has 102 valence electrons. The molecule has 0 spiro atoms. The molecule has 1 aromatic heterocycles. The van der Waals surface area contributed by atoms with Crippen molar-refractivity contribution in [1.82, 2.24) is 15.2 Å². The van der Waals surface area contributed by atoms with Gasteiger partial charge in [-0.25, -0.2) is 4.79 Å². The quantitative estimate of drug-likeness (QED) is 0.903.